The first-order valence-electron chi connectivity index (χ1n) is 10.2. The fourth-order valence-corrected chi connectivity index (χ4v) is 3.59. The van der Waals surface area contributed by atoms with Crippen LogP contribution in [0.2, 0.25) is 0 Å². The number of benzene rings is 2. The summed E-state index contributed by atoms with van der Waals surface area (Å²) in [6.45, 7) is 0. The molecule has 0 aliphatic rings. The summed E-state index contributed by atoms with van der Waals surface area (Å²) in [4.78, 5) is 25.0. The van der Waals surface area contributed by atoms with Crippen molar-refractivity contribution in [2.75, 3.05) is 11.1 Å². The van der Waals surface area contributed by atoms with Gasteiger partial charge in [0.15, 0.2) is 17.0 Å². The second-order valence-electron chi connectivity index (χ2n) is 7.51. The zero-order chi connectivity index (χ0) is 24.6. The highest BCUT2D eigenvalue weighted by Gasteiger charge is 2.31. The Morgan fingerprint density at radius 2 is 1.86 bits per heavy atom. The Kier molecular flexibility index (Phi) is 5.35. The molecule has 0 saturated heterocycles. The zero-order valence-corrected chi connectivity index (χ0v) is 17.8. The third kappa shape index (κ3) is 4.38. The maximum Gasteiger partial charge on any atom is 0.416 e. The molecule has 13 heteroatoms. The molecule has 0 aliphatic carbocycles. The van der Waals surface area contributed by atoms with Crippen LogP contribution in [0.5, 0.6) is 0 Å². The molecule has 176 valence electrons. The number of nitrogens with two attached hydrogens (primary N) is 1. The molecule has 0 bridgehead atoms. The van der Waals surface area contributed by atoms with Crippen LogP contribution in [0.3, 0.4) is 0 Å². The Labute approximate surface area is 195 Å². The number of imidazole rings is 1. The van der Waals surface area contributed by atoms with Gasteiger partial charge in [-0.2, -0.15) is 13.2 Å². The number of carbonyl (C=O) groups is 1. The number of hydrogen-bond donors (Lipinski definition) is 2. The molecule has 10 nitrogen and oxygen atoms in total. The van der Waals surface area contributed by atoms with Crippen molar-refractivity contribution in [2.24, 2.45) is 0 Å². The molecule has 3 N–H and O–H groups in total. The molecule has 2 aromatic carbocycles. The van der Waals surface area contributed by atoms with Crippen molar-refractivity contribution in [3.05, 3.63) is 78.6 Å². The van der Waals surface area contributed by atoms with Crippen molar-refractivity contribution in [1.29, 1.82) is 0 Å². The molecule has 0 fully saturated rings. The Morgan fingerprint density at radius 1 is 1.06 bits per heavy atom. The summed E-state index contributed by atoms with van der Waals surface area (Å²) in [5.74, 6) is -0.232. The van der Waals surface area contributed by atoms with Crippen molar-refractivity contribution >= 4 is 28.6 Å². The van der Waals surface area contributed by atoms with Gasteiger partial charge in [0.25, 0.3) is 0 Å². The SMILES string of the molecule is Nc1ncnc2c1ncn2-c1ccc(NC(=O)Cc2cc(C(F)(F)F)ccc2-n2ccnn2)cc1. The average Bonchev–Trinajstić information content (AvgIpc) is 3.50. The predicted molar refractivity (Wildman–Crippen MR) is 120 cm³/mol. The van der Waals surface area contributed by atoms with Gasteiger partial charge in [-0.15, -0.1) is 5.10 Å². The van der Waals surface area contributed by atoms with E-state index in [2.05, 4.69) is 30.6 Å². The zero-order valence-electron chi connectivity index (χ0n) is 17.8. The molecule has 5 aromatic rings. The van der Waals surface area contributed by atoms with E-state index in [0.717, 1.165) is 17.8 Å². The van der Waals surface area contributed by atoms with Gasteiger partial charge in [0.2, 0.25) is 5.91 Å². The molecular formula is C22H16F3N9O. The van der Waals surface area contributed by atoms with Crippen LogP contribution in [0, 0.1) is 0 Å². The number of rotatable bonds is 5. The highest BCUT2D eigenvalue weighted by atomic mass is 19.4. The van der Waals surface area contributed by atoms with Crippen LogP contribution in [-0.2, 0) is 17.4 Å². The number of anilines is 2. The van der Waals surface area contributed by atoms with Crippen molar-refractivity contribution < 1.29 is 18.0 Å². The number of fused-ring (bicyclic) bond motifs is 1. The van der Waals surface area contributed by atoms with Crippen molar-refractivity contribution in [3.63, 3.8) is 0 Å². The van der Waals surface area contributed by atoms with Crippen LogP contribution in [0.4, 0.5) is 24.7 Å². The Bertz CT molecular complexity index is 1510. The lowest BCUT2D eigenvalue weighted by atomic mass is 10.0. The van der Waals surface area contributed by atoms with Gasteiger partial charge < -0.3 is 11.1 Å². The molecule has 0 atom stereocenters. The molecule has 0 unspecified atom stereocenters. The van der Waals surface area contributed by atoms with E-state index in [9.17, 15) is 18.0 Å². The molecular weight excluding hydrogens is 463 g/mol. The summed E-state index contributed by atoms with van der Waals surface area (Å²) >= 11 is 0. The fourth-order valence-electron chi connectivity index (χ4n) is 3.59. The number of nitrogens with one attached hydrogen (secondary N) is 1. The van der Waals surface area contributed by atoms with Crippen molar-refractivity contribution in [1.82, 2.24) is 34.5 Å². The number of amides is 1. The first kappa shape index (κ1) is 22.0. The quantitative estimate of drug-likeness (QED) is 0.396. The second-order valence-corrected chi connectivity index (χ2v) is 7.51. The first-order chi connectivity index (χ1) is 16.8. The number of nitrogen functional groups attached to an aromatic ring is 1. The normalized spacial score (nSPS) is 11.6. The van der Waals surface area contributed by atoms with Crippen LogP contribution in [0.15, 0.2) is 67.5 Å². The summed E-state index contributed by atoms with van der Waals surface area (Å²) in [6.07, 6.45) is 0.931. The molecule has 35 heavy (non-hydrogen) atoms. The number of hydrogen-bond acceptors (Lipinski definition) is 7. The maximum atomic E-state index is 13.2. The number of alkyl halides is 3. The highest BCUT2D eigenvalue weighted by Crippen LogP contribution is 2.31. The van der Waals surface area contributed by atoms with Crippen molar-refractivity contribution in [2.45, 2.75) is 12.6 Å². The second kappa shape index (κ2) is 8.52. The van der Waals surface area contributed by atoms with Crippen LogP contribution in [0.1, 0.15) is 11.1 Å². The minimum Gasteiger partial charge on any atom is -0.382 e. The smallest absolute Gasteiger partial charge is 0.382 e. The average molecular weight is 479 g/mol. The lowest BCUT2D eigenvalue weighted by Crippen LogP contribution is -2.17. The van der Waals surface area contributed by atoms with E-state index in [0.29, 0.717) is 22.5 Å². The Balaban J connectivity index is 1.36. The molecule has 0 spiro atoms. The monoisotopic (exact) mass is 479 g/mol. The maximum absolute atomic E-state index is 13.2. The molecule has 0 saturated carbocycles. The summed E-state index contributed by atoms with van der Waals surface area (Å²) in [5, 5.41) is 10.2. The molecule has 1 amide bonds. The minimum atomic E-state index is -4.55. The fraction of sp³-hybridized carbons (Fsp3) is 0.0909. The summed E-state index contributed by atoms with van der Waals surface area (Å²) in [5.41, 5.74) is 7.62. The topological polar surface area (TPSA) is 129 Å². The van der Waals surface area contributed by atoms with E-state index >= 15 is 0 Å². The predicted octanol–water partition coefficient (Wildman–Crippen LogP) is 3.18. The van der Waals surface area contributed by atoms with Gasteiger partial charge >= 0.3 is 6.18 Å². The molecule has 3 heterocycles. The van der Waals surface area contributed by atoms with E-state index in [1.807, 2.05) is 0 Å². The molecule has 0 aliphatic heterocycles. The third-order valence-electron chi connectivity index (χ3n) is 5.22. The van der Waals surface area contributed by atoms with Gasteiger partial charge in [-0.05, 0) is 48.0 Å². The minimum absolute atomic E-state index is 0.154. The van der Waals surface area contributed by atoms with Gasteiger partial charge in [0.1, 0.15) is 12.7 Å². The number of halogens is 3. The number of nitrogens with zero attached hydrogens (tertiary/aromatic N) is 7. The summed E-state index contributed by atoms with van der Waals surface area (Å²) < 4.78 is 42.8. The third-order valence-corrected chi connectivity index (χ3v) is 5.22. The number of aromatic nitrogens is 7. The number of carbonyl (C=O) groups excluding carboxylic acids is 1. The van der Waals surface area contributed by atoms with Gasteiger partial charge in [-0.3, -0.25) is 9.36 Å². The molecule has 0 radical (unpaired) electrons. The molecule has 5 rings (SSSR count). The van der Waals surface area contributed by atoms with E-state index in [-0.39, 0.29) is 17.8 Å². The van der Waals surface area contributed by atoms with Crippen LogP contribution >= 0.6 is 0 Å². The van der Waals surface area contributed by atoms with Gasteiger partial charge in [-0.1, -0.05) is 5.21 Å². The summed E-state index contributed by atoms with van der Waals surface area (Å²) in [7, 11) is 0. The standard InChI is InChI=1S/C22H16F3N9O/c23-22(24,25)14-1-6-17(34-8-7-30-32-34)13(9-14)10-18(35)31-15-2-4-16(5-3-15)33-12-29-19-20(26)27-11-28-21(19)33/h1-9,11-12H,10H2,(H,31,35)(H2,26,27,28). The van der Waals surface area contributed by atoms with Gasteiger partial charge in [-0.25, -0.2) is 19.6 Å². The van der Waals surface area contributed by atoms with E-state index in [4.69, 9.17) is 5.73 Å². The van der Waals surface area contributed by atoms with Gasteiger partial charge in [0.05, 0.1) is 30.1 Å². The van der Waals surface area contributed by atoms with Crippen molar-refractivity contribution in [3.8, 4) is 11.4 Å². The van der Waals surface area contributed by atoms with Crippen LogP contribution in [-0.4, -0.2) is 40.4 Å². The van der Waals surface area contributed by atoms with Crippen LogP contribution < -0.4 is 11.1 Å². The van der Waals surface area contributed by atoms with E-state index in [1.54, 1.807) is 35.2 Å². The van der Waals surface area contributed by atoms with E-state index in [1.165, 1.54) is 29.5 Å². The Hall–Kier alpha value is -4.81. The lowest BCUT2D eigenvalue weighted by Gasteiger charge is -2.14. The molecule has 3 aromatic heterocycles. The summed E-state index contributed by atoms with van der Waals surface area (Å²) in [6, 6.07) is 9.94. The van der Waals surface area contributed by atoms with Crippen LogP contribution in [0.25, 0.3) is 22.5 Å². The lowest BCUT2D eigenvalue weighted by molar-refractivity contribution is -0.137. The Morgan fingerprint density at radius 3 is 2.57 bits per heavy atom. The first-order valence-corrected chi connectivity index (χ1v) is 10.2. The highest BCUT2D eigenvalue weighted by molar-refractivity contribution is 5.93. The van der Waals surface area contributed by atoms with E-state index < -0.39 is 17.6 Å². The largest absolute Gasteiger partial charge is 0.416 e. The van der Waals surface area contributed by atoms with Gasteiger partial charge in [0, 0.05) is 11.4 Å².